The Kier molecular flexibility index (Phi) is 3.76. The van der Waals surface area contributed by atoms with E-state index in [1.807, 2.05) is 12.1 Å². The quantitative estimate of drug-likeness (QED) is 0.876. The van der Waals surface area contributed by atoms with E-state index in [1.165, 1.54) is 0 Å². The maximum atomic E-state index is 9.41. The molecular weight excluding hydrogens is 250 g/mol. The first-order valence-electron chi connectivity index (χ1n) is 7.58. The highest BCUT2D eigenvalue weighted by atomic mass is 16.3. The fourth-order valence-electron chi connectivity index (χ4n) is 3.55. The van der Waals surface area contributed by atoms with Gasteiger partial charge in [0.05, 0.1) is 17.6 Å². The minimum Gasteiger partial charge on any atom is -0.395 e. The van der Waals surface area contributed by atoms with E-state index in [-0.39, 0.29) is 12.0 Å². The standard InChI is InChI=1S/C16H23N3O/c1-2-7-16(8-9-17-12-16)15-18-13-5-3-4-6-14(13)19(15)10-11-20/h3-6,17,20H,2,7-12H2,1H3. The summed E-state index contributed by atoms with van der Waals surface area (Å²) in [6.07, 6.45) is 3.44. The van der Waals surface area contributed by atoms with Crippen LogP contribution in [0.15, 0.2) is 24.3 Å². The monoisotopic (exact) mass is 273 g/mol. The van der Waals surface area contributed by atoms with Crippen molar-refractivity contribution in [3.8, 4) is 0 Å². The van der Waals surface area contributed by atoms with E-state index in [0.29, 0.717) is 6.54 Å². The lowest BCUT2D eigenvalue weighted by Crippen LogP contribution is -2.33. The van der Waals surface area contributed by atoms with Gasteiger partial charge in [-0.2, -0.15) is 0 Å². The van der Waals surface area contributed by atoms with Crippen molar-refractivity contribution in [2.75, 3.05) is 19.7 Å². The zero-order chi connectivity index (χ0) is 14.0. The van der Waals surface area contributed by atoms with Gasteiger partial charge in [0, 0.05) is 18.5 Å². The normalized spacial score (nSPS) is 22.7. The van der Waals surface area contributed by atoms with Gasteiger partial charge in [0.25, 0.3) is 0 Å². The van der Waals surface area contributed by atoms with Crippen LogP contribution < -0.4 is 5.32 Å². The number of aliphatic hydroxyl groups is 1. The third kappa shape index (κ3) is 2.13. The Bertz CT molecular complexity index is 584. The van der Waals surface area contributed by atoms with Crippen molar-refractivity contribution in [1.29, 1.82) is 0 Å². The number of fused-ring (bicyclic) bond motifs is 1. The van der Waals surface area contributed by atoms with Gasteiger partial charge >= 0.3 is 0 Å². The van der Waals surface area contributed by atoms with Crippen LogP contribution in [0.1, 0.15) is 32.0 Å². The van der Waals surface area contributed by atoms with E-state index in [0.717, 1.165) is 49.2 Å². The Morgan fingerprint density at radius 3 is 2.95 bits per heavy atom. The highest BCUT2D eigenvalue weighted by Gasteiger charge is 2.39. The Balaban J connectivity index is 2.15. The van der Waals surface area contributed by atoms with Gasteiger partial charge in [-0.25, -0.2) is 4.98 Å². The topological polar surface area (TPSA) is 50.1 Å². The second-order valence-electron chi connectivity index (χ2n) is 5.76. The largest absolute Gasteiger partial charge is 0.395 e. The number of para-hydroxylation sites is 2. The van der Waals surface area contributed by atoms with E-state index >= 15 is 0 Å². The molecule has 1 atom stereocenters. The van der Waals surface area contributed by atoms with Crippen LogP contribution in [0.3, 0.4) is 0 Å². The summed E-state index contributed by atoms with van der Waals surface area (Å²) in [4.78, 5) is 4.92. The predicted octanol–water partition coefficient (Wildman–Crippen LogP) is 2.06. The number of hydrogen-bond acceptors (Lipinski definition) is 3. The summed E-state index contributed by atoms with van der Waals surface area (Å²) in [5.74, 6) is 1.15. The smallest absolute Gasteiger partial charge is 0.117 e. The van der Waals surface area contributed by atoms with Crippen molar-refractivity contribution in [3.63, 3.8) is 0 Å². The van der Waals surface area contributed by atoms with Gasteiger partial charge < -0.3 is 15.0 Å². The molecule has 4 nitrogen and oxygen atoms in total. The molecule has 1 fully saturated rings. The van der Waals surface area contributed by atoms with E-state index in [9.17, 15) is 5.11 Å². The third-order valence-corrected chi connectivity index (χ3v) is 4.42. The fourth-order valence-corrected chi connectivity index (χ4v) is 3.55. The van der Waals surface area contributed by atoms with Crippen LogP contribution in [0.2, 0.25) is 0 Å². The van der Waals surface area contributed by atoms with E-state index in [4.69, 9.17) is 4.98 Å². The zero-order valence-electron chi connectivity index (χ0n) is 12.1. The first kappa shape index (κ1) is 13.6. The van der Waals surface area contributed by atoms with E-state index in [1.54, 1.807) is 0 Å². The Labute approximate surface area is 119 Å². The lowest BCUT2D eigenvalue weighted by atomic mass is 9.81. The molecule has 1 aromatic carbocycles. The number of aromatic nitrogens is 2. The van der Waals surface area contributed by atoms with Crippen LogP contribution in [0, 0.1) is 0 Å². The lowest BCUT2D eigenvalue weighted by Gasteiger charge is -2.28. The van der Waals surface area contributed by atoms with Crippen molar-refractivity contribution in [3.05, 3.63) is 30.1 Å². The molecule has 1 aliphatic rings. The molecule has 1 unspecified atom stereocenters. The summed E-state index contributed by atoms with van der Waals surface area (Å²) >= 11 is 0. The minimum absolute atomic E-state index is 0.128. The number of aliphatic hydroxyl groups excluding tert-OH is 1. The van der Waals surface area contributed by atoms with Crippen LogP contribution in [0.4, 0.5) is 0 Å². The molecule has 2 heterocycles. The van der Waals surface area contributed by atoms with Gasteiger partial charge in [0.15, 0.2) is 0 Å². The van der Waals surface area contributed by atoms with E-state index in [2.05, 4.69) is 28.9 Å². The first-order valence-corrected chi connectivity index (χ1v) is 7.58. The predicted molar refractivity (Wildman–Crippen MR) is 80.9 cm³/mol. The summed E-state index contributed by atoms with van der Waals surface area (Å²) in [5, 5.41) is 12.9. The maximum absolute atomic E-state index is 9.41. The van der Waals surface area contributed by atoms with Gasteiger partial charge in [0.1, 0.15) is 5.82 Å². The molecule has 0 spiro atoms. The number of hydrogen-bond donors (Lipinski definition) is 2. The van der Waals surface area contributed by atoms with Crippen LogP contribution in [-0.4, -0.2) is 34.4 Å². The van der Waals surface area contributed by atoms with Crippen LogP contribution in [0.5, 0.6) is 0 Å². The number of imidazole rings is 1. The second kappa shape index (κ2) is 5.54. The molecule has 108 valence electrons. The molecule has 0 amide bonds. The number of nitrogens with one attached hydrogen (secondary N) is 1. The Hall–Kier alpha value is -1.39. The molecule has 0 radical (unpaired) electrons. The van der Waals surface area contributed by atoms with Crippen molar-refractivity contribution >= 4 is 11.0 Å². The number of benzene rings is 1. The molecule has 20 heavy (non-hydrogen) atoms. The number of nitrogens with zero attached hydrogens (tertiary/aromatic N) is 2. The van der Waals surface area contributed by atoms with Crippen molar-refractivity contribution in [2.24, 2.45) is 0 Å². The molecule has 1 saturated heterocycles. The molecule has 4 heteroatoms. The molecular formula is C16H23N3O. The fraction of sp³-hybridized carbons (Fsp3) is 0.562. The summed E-state index contributed by atoms with van der Waals surface area (Å²) in [5.41, 5.74) is 2.31. The van der Waals surface area contributed by atoms with Crippen LogP contribution in [-0.2, 0) is 12.0 Å². The van der Waals surface area contributed by atoms with Gasteiger partial charge in [-0.05, 0) is 31.5 Å². The molecule has 3 rings (SSSR count). The summed E-state index contributed by atoms with van der Waals surface area (Å²) in [6.45, 7) is 5.07. The van der Waals surface area contributed by atoms with Crippen molar-refractivity contribution in [1.82, 2.24) is 14.9 Å². The van der Waals surface area contributed by atoms with Gasteiger partial charge in [-0.15, -0.1) is 0 Å². The van der Waals surface area contributed by atoms with Crippen molar-refractivity contribution < 1.29 is 5.11 Å². The highest BCUT2D eigenvalue weighted by Crippen LogP contribution is 2.36. The van der Waals surface area contributed by atoms with Crippen molar-refractivity contribution in [2.45, 2.75) is 38.1 Å². The average molecular weight is 273 g/mol. The van der Waals surface area contributed by atoms with Crippen LogP contribution in [0.25, 0.3) is 11.0 Å². The SMILES string of the molecule is CCCC1(c2nc3ccccc3n2CCO)CCNC1. The molecule has 0 bridgehead atoms. The highest BCUT2D eigenvalue weighted by molar-refractivity contribution is 5.76. The average Bonchev–Trinajstić information content (AvgIpc) is 3.06. The second-order valence-corrected chi connectivity index (χ2v) is 5.76. The molecule has 1 aromatic heterocycles. The first-order chi connectivity index (χ1) is 9.80. The summed E-state index contributed by atoms with van der Waals surface area (Å²) < 4.78 is 2.22. The summed E-state index contributed by atoms with van der Waals surface area (Å²) in [7, 11) is 0. The third-order valence-electron chi connectivity index (χ3n) is 4.42. The lowest BCUT2D eigenvalue weighted by molar-refractivity contribution is 0.269. The molecule has 0 aliphatic carbocycles. The summed E-state index contributed by atoms with van der Waals surface area (Å²) in [6, 6.07) is 8.24. The molecule has 1 aliphatic heterocycles. The van der Waals surface area contributed by atoms with Gasteiger partial charge in [-0.1, -0.05) is 25.5 Å². The molecule has 0 saturated carbocycles. The number of rotatable bonds is 5. The maximum Gasteiger partial charge on any atom is 0.117 e. The Morgan fingerprint density at radius 1 is 1.40 bits per heavy atom. The molecule has 2 N–H and O–H groups in total. The molecule has 2 aromatic rings. The van der Waals surface area contributed by atoms with Gasteiger partial charge in [0.2, 0.25) is 0 Å². The minimum atomic E-state index is 0.128. The van der Waals surface area contributed by atoms with Gasteiger partial charge in [-0.3, -0.25) is 0 Å². The van der Waals surface area contributed by atoms with E-state index < -0.39 is 0 Å². The van der Waals surface area contributed by atoms with Crippen LogP contribution >= 0.6 is 0 Å². The Morgan fingerprint density at radius 2 is 2.25 bits per heavy atom. The zero-order valence-corrected chi connectivity index (χ0v) is 12.1.